The molecule has 6 heterocycles. The largest absolute Gasteiger partial charge is 0.329 e. The van der Waals surface area contributed by atoms with Crippen LogP contribution < -0.4 is 5.32 Å². The average Bonchev–Trinajstić information content (AvgIpc) is 3.45. The summed E-state index contributed by atoms with van der Waals surface area (Å²) in [5.41, 5.74) is 2.37. The number of nitrogens with zero attached hydrogens (tertiary/aromatic N) is 9. The van der Waals surface area contributed by atoms with Gasteiger partial charge in [-0.2, -0.15) is 14.9 Å². The van der Waals surface area contributed by atoms with Gasteiger partial charge >= 0.3 is 0 Å². The SMILES string of the molecule is CCC12CCCCCN1C1(C)N=C(n3ncnc3-c3cccc4ncccc34)NC=C1N1C(C)=NN(C)C12. The smallest absolute Gasteiger partial charge is 0.227 e. The number of pyridine rings is 1. The number of hydrazone groups is 1. The van der Waals surface area contributed by atoms with Gasteiger partial charge in [0.05, 0.1) is 16.8 Å². The summed E-state index contributed by atoms with van der Waals surface area (Å²) in [6, 6.07) is 10.1. The molecule has 3 atom stereocenters. The van der Waals surface area contributed by atoms with E-state index in [2.05, 4.69) is 81.3 Å². The number of aromatic nitrogens is 4. The Morgan fingerprint density at radius 3 is 2.87 bits per heavy atom. The van der Waals surface area contributed by atoms with Crippen LogP contribution in [0.25, 0.3) is 22.3 Å². The fourth-order valence-electron chi connectivity index (χ4n) is 7.32. The molecular formula is C28H34N10. The predicted octanol–water partition coefficient (Wildman–Crippen LogP) is 3.80. The molecule has 3 aromatic rings. The molecule has 3 unspecified atom stereocenters. The molecule has 0 saturated carbocycles. The van der Waals surface area contributed by atoms with Gasteiger partial charge in [-0.05, 0) is 45.2 Å². The van der Waals surface area contributed by atoms with Crippen molar-refractivity contribution in [3.8, 4) is 11.4 Å². The molecule has 7 rings (SSSR count). The summed E-state index contributed by atoms with van der Waals surface area (Å²) in [5.74, 6) is 2.41. The second kappa shape index (κ2) is 8.36. The van der Waals surface area contributed by atoms with Crippen LogP contribution in [0.5, 0.6) is 0 Å². The molecule has 4 aliphatic rings. The van der Waals surface area contributed by atoms with Crippen molar-refractivity contribution in [1.82, 2.24) is 39.9 Å². The molecule has 0 radical (unpaired) electrons. The van der Waals surface area contributed by atoms with Crippen LogP contribution in [0.4, 0.5) is 0 Å². The van der Waals surface area contributed by atoms with Crippen LogP contribution in [-0.2, 0) is 0 Å². The van der Waals surface area contributed by atoms with E-state index in [9.17, 15) is 0 Å². The van der Waals surface area contributed by atoms with Crippen LogP contribution in [0.2, 0.25) is 0 Å². The Kier molecular flexibility index (Phi) is 5.13. The van der Waals surface area contributed by atoms with E-state index in [0.29, 0.717) is 5.96 Å². The van der Waals surface area contributed by atoms with Gasteiger partial charge in [0.25, 0.3) is 0 Å². The Labute approximate surface area is 222 Å². The van der Waals surface area contributed by atoms with Crippen molar-refractivity contribution < 1.29 is 0 Å². The number of rotatable bonds is 2. The zero-order valence-electron chi connectivity index (χ0n) is 22.5. The number of hydrogen-bond donors (Lipinski definition) is 1. The second-order valence-electron chi connectivity index (χ2n) is 10.9. The molecule has 1 N–H and O–H groups in total. The maximum Gasteiger partial charge on any atom is 0.227 e. The third-order valence-corrected chi connectivity index (χ3v) is 8.94. The van der Waals surface area contributed by atoms with E-state index in [4.69, 9.17) is 10.1 Å². The third-order valence-electron chi connectivity index (χ3n) is 8.94. The minimum absolute atomic E-state index is 0.0724. The second-order valence-corrected chi connectivity index (χ2v) is 10.9. The number of aliphatic imine (C=N–C) groups is 1. The zero-order valence-corrected chi connectivity index (χ0v) is 22.5. The lowest BCUT2D eigenvalue weighted by Crippen LogP contribution is -2.76. The maximum absolute atomic E-state index is 5.48. The van der Waals surface area contributed by atoms with Gasteiger partial charge in [-0.1, -0.05) is 38.0 Å². The van der Waals surface area contributed by atoms with Gasteiger partial charge < -0.3 is 10.2 Å². The summed E-state index contributed by atoms with van der Waals surface area (Å²) in [6.45, 7) is 7.69. The summed E-state index contributed by atoms with van der Waals surface area (Å²) in [7, 11) is 2.11. The van der Waals surface area contributed by atoms with Gasteiger partial charge in [0.2, 0.25) is 5.96 Å². The molecule has 0 amide bonds. The molecule has 38 heavy (non-hydrogen) atoms. The Balaban J connectivity index is 1.38. The number of fused-ring (bicyclic) bond motifs is 7. The first kappa shape index (κ1) is 23.3. The quantitative estimate of drug-likeness (QED) is 0.561. The lowest BCUT2D eigenvalue weighted by atomic mass is 9.78. The predicted molar refractivity (Wildman–Crippen MR) is 148 cm³/mol. The summed E-state index contributed by atoms with van der Waals surface area (Å²) in [6.07, 6.45) is 11.4. The van der Waals surface area contributed by atoms with Crippen molar-refractivity contribution >= 4 is 22.7 Å². The number of piperazine rings is 1. The zero-order chi connectivity index (χ0) is 26.1. The van der Waals surface area contributed by atoms with Crippen molar-refractivity contribution in [2.75, 3.05) is 13.6 Å². The van der Waals surface area contributed by atoms with Crippen LogP contribution in [0.3, 0.4) is 0 Å². The van der Waals surface area contributed by atoms with E-state index < -0.39 is 5.66 Å². The standard InChI is InChI=1S/C28H34N10/c1-5-28-14-7-6-8-16-36(28)27(3)23(37-19(2)34-35(4)25(28)37)17-30-26(33-27)38-24(31-18-32-38)21-11-9-13-22-20(21)12-10-15-29-22/h9-13,15,17-18,25H,5-8,14,16H2,1-4H3,(H,30,33). The minimum atomic E-state index is -0.580. The Morgan fingerprint density at radius 1 is 1.11 bits per heavy atom. The Morgan fingerprint density at radius 2 is 2.00 bits per heavy atom. The van der Waals surface area contributed by atoms with Crippen LogP contribution in [0, 0.1) is 0 Å². The highest BCUT2D eigenvalue weighted by Crippen LogP contribution is 2.52. The fraction of sp³-hybridized carbons (Fsp3) is 0.464. The minimum Gasteiger partial charge on any atom is -0.329 e. The first-order chi connectivity index (χ1) is 18.5. The van der Waals surface area contributed by atoms with Crippen LogP contribution in [0.1, 0.15) is 52.9 Å². The van der Waals surface area contributed by atoms with Crippen molar-refractivity contribution in [1.29, 1.82) is 0 Å². The van der Waals surface area contributed by atoms with E-state index in [1.54, 1.807) is 6.33 Å². The van der Waals surface area contributed by atoms with Gasteiger partial charge in [0.1, 0.15) is 18.3 Å². The summed E-state index contributed by atoms with van der Waals surface area (Å²) < 4.78 is 1.83. The number of amidine groups is 1. The molecule has 4 aliphatic heterocycles. The van der Waals surface area contributed by atoms with Gasteiger partial charge in [-0.3, -0.25) is 14.9 Å². The summed E-state index contributed by atoms with van der Waals surface area (Å²) >= 11 is 0. The molecule has 1 aromatic carbocycles. The van der Waals surface area contributed by atoms with Gasteiger partial charge in [-0.25, -0.2) is 9.98 Å². The van der Waals surface area contributed by atoms with E-state index >= 15 is 0 Å². The van der Waals surface area contributed by atoms with Gasteiger partial charge in [0.15, 0.2) is 11.5 Å². The van der Waals surface area contributed by atoms with Gasteiger partial charge in [0, 0.05) is 36.9 Å². The first-order valence-corrected chi connectivity index (χ1v) is 13.6. The summed E-state index contributed by atoms with van der Waals surface area (Å²) in [4.78, 5) is 19.8. The molecule has 10 nitrogen and oxygen atoms in total. The van der Waals surface area contributed by atoms with Crippen LogP contribution in [-0.4, -0.2) is 77.3 Å². The monoisotopic (exact) mass is 510 g/mol. The van der Waals surface area contributed by atoms with Crippen molar-refractivity contribution in [3.05, 3.63) is 54.8 Å². The van der Waals surface area contributed by atoms with Crippen molar-refractivity contribution in [3.63, 3.8) is 0 Å². The van der Waals surface area contributed by atoms with Crippen LogP contribution in [0.15, 0.2) is 64.8 Å². The molecule has 0 bridgehead atoms. The number of nitrogens with one attached hydrogen (secondary N) is 1. The molecular weight excluding hydrogens is 476 g/mol. The molecule has 196 valence electrons. The van der Waals surface area contributed by atoms with E-state index in [1.807, 2.05) is 29.1 Å². The average molecular weight is 511 g/mol. The topological polar surface area (TPSA) is 90.1 Å². The number of hydrogen-bond acceptors (Lipinski definition) is 9. The lowest BCUT2D eigenvalue weighted by Gasteiger charge is -2.62. The molecule has 2 aromatic heterocycles. The normalized spacial score (nSPS) is 29.1. The highest BCUT2D eigenvalue weighted by molar-refractivity contribution is 5.96. The van der Waals surface area contributed by atoms with E-state index in [-0.39, 0.29) is 11.7 Å². The first-order valence-electron chi connectivity index (χ1n) is 13.6. The molecule has 0 spiro atoms. The van der Waals surface area contributed by atoms with E-state index in [0.717, 1.165) is 59.6 Å². The molecule has 0 aliphatic carbocycles. The highest BCUT2D eigenvalue weighted by Gasteiger charge is 2.63. The molecule has 10 heteroatoms. The number of benzene rings is 1. The van der Waals surface area contributed by atoms with Crippen molar-refractivity contribution in [2.45, 2.75) is 70.2 Å². The Bertz CT molecular complexity index is 1500. The Hall–Kier alpha value is -3.79. The lowest BCUT2D eigenvalue weighted by molar-refractivity contribution is -0.115. The highest BCUT2D eigenvalue weighted by atomic mass is 15.7. The third kappa shape index (κ3) is 3.06. The van der Waals surface area contributed by atoms with Gasteiger partial charge in [-0.15, -0.1) is 0 Å². The maximum atomic E-state index is 5.48. The molecule has 2 saturated heterocycles. The van der Waals surface area contributed by atoms with E-state index in [1.165, 1.54) is 12.8 Å². The van der Waals surface area contributed by atoms with Crippen LogP contribution >= 0.6 is 0 Å². The number of likely N-dealkylation sites (N-methyl/N-ethyl adjacent to an activating group) is 1. The van der Waals surface area contributed by atoms with Crippen molar-refractivity contribution in [2.24, 2.45) is 10.1 Å². The fourth-order valence-corrected chi connectivity index (χ4v) is 7.32. The summed E-state index contributed by atoms with van der Waals surface area (Å²) in [5, 5.41) is 16.3. The molecule has 2 fully saturated rings.